The zero-order chi connectivity index (χ0) is 10.8. The van der Waals surface area contributed by atoms with Gasteiger partial charge >= 0.3 is 0 Å². The van der Waals surface area contributed by atoms with E-state index in [0.29, 0.717) is 12.6 Å². The largest absolute Gasteiger partial charge is 0.383 e. The molecule has 1 unspecified atom stereocenters. The van der Waals surface area contributed by atoms with Crippen molar-refractivity contribution in [1.29, 1.82) is 0 Å². The molecule has 0 aliphatic heterocycles. The third kappa shape index (κ3) is 1.66. The van der Waals surface area contributed by atoms with Crippen molar-refractivity contribution in [2.45, 2.75) is 13.0 Å². The van der Waals surface area contributed by atoms with Crippen LogP contribution in [-0.2, 0) is 4.74 Å². The van der Waals surface area contributed by atoms with Gasteiger partial charge in [0.05, 0.1) is 12.6 Å². The number of hydrogen-bond donors (Lipinski definition) is 1. The standard InChI is InChI=1S/C10H14N4O/c1-7(6-15-2)14-9-8(13-10(14)11)4-3-5-12-9/h3-5,7H,6H2,1-2H3,(H2,11,13). The quantitative estimate of drug-likeness (QED) is 0.820. The Labute approximate surface area is 87.9 Å². The lowest BCUT2D eigenvalue weighted by Crippen LogP contribution is -2.13. The number of rotatable bonds is 3. The molecule has 2 aromatic rings. The van der Waals surface area contributed by atoms with Gasteiger partial charge < -0.3 is 10.5 Å². The lowest BCUT2D eigenvalue weighted by atomic mass is 10.3. The summed E-state index contributed by atoms with van der Waals surface area (Å²) in [4.78, 5) is 8.51. The Balaban J connectivity index is 2.53. The van der Waals surface area contributed by atoms with Gasteiger partial charge in [-0.05, 0) is 19.1 Å². The lowest BCUT2D eigenvalue weighted by molar-refractivity contribution is 0.164. The molecule has 2 N–H and O–H groups in total. The van der Waals surface area contributed by atoms with Crippen molar-refractivity contribution in [2.24, 2.45) is 0 Å². The Bertz CT molecular complexity index is 465. The third-order valence-corrected chi connectivity index (χ3v) is 2.32. The molecule has 1 atom stereocenters. The number of fused-ring (bicyclic) bond motifs is 1. The monoisotopic (exact) mass is 206 g/mol. The van der Waals surface area contributed by atoms with E-state index < -0.39 is 0 Å². The van der Waals surface area contributed by atoms with E-state index in [9.17, 15) is 0 Å². The molecule has 0 saturated heterocycles. The van der Waals surface area contributed by atoms with Gasteiger partial charge in [-0.2, -0.15) is 0 Å². The molecule has 0 amide bonds. The van der Waals surface area contributed by atoms with Gasteiger partial charge in [-0.3, -0.25) is 4.57 Å². The van der Waals surface area contributed by atoms with Gasteiger partial charge in [0.1, 0.15) is 5.52 Å². The number of hydrogen-bond acceptors (Lipinski definition) is 4. The second-order valence-electron chi connectivity index (χ2n) is 3.49. The van der Waals surface area contributed by atoms with Crippen molar-refractivity contribution in [3.05, 3.63) is 18.3 Å². The molecule has 0 fully saturated rings. The fourth-order valence-corrected chi connectivity index (χ4v) is 1.70. The number of nitrogens with two attached hydrogens (primary N) is 1. The highest BCUT2D eigenvalue weighted by molar-refractivity contribution is 5.73. The molecule has 0 spiro atoms. The molecule has 0 radical (unpaired) electrons. The van der Waals surface area contributed by atoms with Crippen LogP contribution in [0.3, 0.4) is 0 Å². The molecular weight excluding hydrogens is 192 g/mol. The minimum absolute atomic E-state index is 0.134. The Hall–Kier alpha value is -1.62. The Kier molecular flexibility index (Phi) is 2.55. The number of pyridine rings is 1. The predicted molar refractivity (Wildman–Crippen MR) is 58.5 cm³/mol. The summed E-state index contributed by atoms with van der Waals surface area (Å²) in [5, 5.41) is 0. The number of anilines is 1. The van der Waals surface area contributed by atoms with Crippen LogP contribution in [0.5, 0.6) is 0 Å². The highest BCUT2D eigenvalue weighted by Crippen LogP contribution is 2.20. The predicted octanol–water partition coefficient (Wildman–Crippen LogP) is 1.22. The average Bonchev–Trinajstić information content (AvgIpc) is 2.54. The first-order chi connectivity index (χ1) is 7.24. The zero-order valence-electron chi connectivity index (χ0n) is 8.84. The van der Waals surface area contributed by atoms with Crippen LogP contribution in [0.2, 0.25) is 0 Å². The summed E-state index contributed by atoms with van der Waals surface area (Å²) in [6.45, 7) is 2.61. The molecule has 2 aromatic heterocycles. The van der Waals surface area contributed by atoms with E-state index in [0.717, 1.165) is 11.2 Å². The number of methoxy groups -OCH3 is 1. The smallest absolute Gasteiger partial charge is 0.202 e. The first-order valence-corrected chi connectivity index (χ1v) is 4.81. The van der Waals surface area contributed by atoms with Crippen LogP contribution in [0.1, 0.15) is 13.0 Å². The van der Waals surface area contributed by atoms with Crippen LogP contribution in [0, 0.1) is 0 Å². The van der Waals surface area contributed by atoms with E-state index in [-0.39, 0.29) is 6.04 Å². The van der Waals surface area contributed by atoms with E-state index >= 15 is 0 Å². The van der Waals surface area contributed by atoms with Crippen molar-refractivity contribution in [1.82, 2.24) is 14.5 Å². The topological polar surface area (TPSA) is 66.0 Å². The van der Waals surface area contributed by atoms with Gasteiger partial charge in [0, 0.05) is 13.3 Å². The maximum absolute atomic E-state index is 5.84. The minimum atomic E-state index is 0.134. The fourth-order valence-electron chi connectivity index (χ4n) is 1.70. The summed E-state index contributed by atoms with van der Waals surface area (Å²) in [5.74, 6) is 0.480. The van der Waals surface area contributed by atoms with Gasteiger partial charge in [0.2, 0.25) is 5.95 Å². The highest BCUT2D eigenvalue weighted by atomic mass is 16.5. The molecule has 80 valence electrons. The van der Waals surface area contributed by atoms with Gasteiger partial charge in [-0.25, -0.2) is 9.97 Å². The van der Waals surface area contributed by atoms with Crippen molar-refractivity contribution in [3.8, 4) is 0 Å². The molecule has 0 aromatic carbocycles. The first kappa shape index (κ1) is 9.92. The number of aromatic nitrogens is 3. The zero-order valence-corrected chi connectivity index (χ0v) is 8.84. The summed E-state index contributed by atoms with van der Waals surface area (Å²) in [5.41, 5.74) is 7.46. The van der Waals surface area contributed by atoms with E-state index in [1.54, 1.807) is 13.3 Å². The van der Waals surface area contributed by atoms with E-state index in [4.69, 9.17) is 10.5 Å². The van der Waals surface area contributed by atoms with Crippen molar-refractivity contribution in [3.63, 3.8) is 0 Å². The Morgan fingerprint density at radius 1 is 1.60 bits per heavy atom. The van der Waals surface area contributed by atoms with Gasteiger partial charge in [0.15, 0.2) is 5.65 Å². The van der Waals surface area contributed by atoms with Crippen LogP contribution >= 0.6 is 0 Å². The summed E-state index contributed by atoms with van der Waals surface area (Å²) in [6.07, 6.45) is 1.74. The summed E-state index contributed by atoms with van der Waals surface area (Å²) in [6, 6.07) is 3.88. The minimum Gasteiger partial charge on any atom is -0.383 e. The highest BCUT2D eigenvalue weighted by Gasteiger charge is 2.13. The molecule has 2 heterocycles. The van der Waals surface area contributed by atoms with Crippen molar-refractivity contribution >= 4 is 17.1 Å². The third-order valence-electron chi connectivity index (χ3n) is 2.32. The van der Waals surface area contributed by atoms with Gasteiger partial charge in [-0.15, -0.1) is 0 Å². The number of nitrogens with zero attached hydrogens (tertiary/aromatic N) is 3. The summed E-state index contributed by atoms with van der Waals surface area (Å²) >= 11 is 0. The Morgan fingerprint density at radius 2 is 2.40 bits per heavy atom. The maximum Gasteiger partial charge on any atom is 0.202 e. The molecule has 0 saturated carbocycles. The van der Waals surface area contributed by atoms with Gasteiger partial charge in [0.25, 0.3) is 0 Å². The maximum atomic E-state index is 5.84. The van der Waals surface area contributed by atoms with Crippen molar-refractivity contribution in [2.75, 3.05) is 19.5 Å². The molecule has 5 nitrogen and oxygen atoms in total. The molecule has 0 aliphatic rings. The molecule has 0 aliphatic carbocycles. The van der Waals surface area contributed by atoms with Crippen LogP contribution in [0.25, 0.3) is 11.2 Å². The number of imidazole rings is 1. The van der Waals surface area contributed by atoms with Crippen LogP contribution in [-0.4, -0.2) is 28.3 Å². The van der Waals surface area contributed by atoms with Gasteiger partial charge in [-0.1, -0.05) is 0 Å². The van der Waals surface area contributed by atoms with E-state index in [2.05, 4.69) is 9.97 Å². The van der Waals surface area contributed by atoms with E-state index in [1.165, 1.54) is 0 Å². The SMILES string of the molecule is COCC(C)n1c(N)nc2cccnc21. The second-order valence-corrected chi connectivity index (χ2v) is 3.49. The first-order valence-electron chi connectivity index (χ1n) is 4.81. The second kappa shape index (κ2) is 3.86. The molecule has 15 heavy (non-hydrogen) atoms. The Morgan fingerprint density at radius 3 is 3.13 bits per heavy atom. The van der Waals surface area contributed by atoms with E-state index in [1.807, 2.05) is 23.6 Å². The normalized spacial score (nSPS) is 13.2. The summed E-state index contributed by atoms with van der Waals surface area (Å²) < 4.78 is 6.99. The van der Waals surface area contributed by atoms with Crippen LogP contribution in [0.15, 0.2) is 18.3 Å². The summed E-state index contributed by atoms with van der Waals surface area (Å²) in [7, 11) is 1.67. The molecule has 0 bridgehead atoms. The number of ether oxygens (including phenoxy) is 1. The molecular formula is C10H14N4O. The fraction of sp³-hybridized carbons (Fsp3) is 0.400. The molecule has 5 heteroatoms. The van der Waals surface area contributed by atoms with Crippen LogP contribution in [0.4, 0.5) is 5.95 Å². The molecule has 2 rings (SSSR count). The van der Waals surface area contributed by atoms with Crippen molar-refractivity contribution < 1.29 is 4.74 Å². The lowest BCUT2D eigenvalue weighted by Gasteiger charge is -2.13. The van der Waals surface area contributed by atoms with Crippen LogP contribution < -0.4 is 5.73 Å². The number of nitrogen functional groups attached to an aromatic ring is 1. The average molecular weight is 206 g/mol.